The molecule has 1 aliphatic rings. The Morgan fingerprint density at radius 1 is 0.930 bits per heavy atom. The van der Waals surface area contributed by atoms with Gasteiger partial charge < -0.3 is 68.0 Å². The van der Waals surface area contributed by atoms with E-state index < -0.39 is 101 Å². The molecule has 0 radical (unpaired) electrons. The number of nitrogens with two attached hydrogens (primary N) is 4. The second kappa shape index (κ2) is 23.1. The Labute approximate surface area is 414 Å². The first-order chi connectivity index (χ1) is 33.2. The normalized spacial score (nSPS) is 17.6. The summed E-state index contributed by atoms with van der Waals surface area (Å²) in [6, 6.07) is 8.70. The lowest BCUT2D eigenvalue weighted by atomic mass is 9.86. The van der Waals surface area contributed by atoms with Crippen LogP contribution in [0.5, 0.6) is 17.2 Å². The fraction of sp³-hybridized carbons (Fsp3) is 0.391. The van der Waals surface area contributed by atoms with Gasteiger partial charge in [0.05, 0.1) is 10.7 Å². The molecule has 16 N–H and O–H groups in total. The summed E-state index contributed by atoms with van der Waals surface area (Å²) in [7, 11) is -3.45. The summed E-state index contributed by atoms with van der Waals surface area (Å²) < 4.78 is 38.2. The molecular formula is C46H59ClN10O13S. The molecule has 4 aromatic rings. The minimum absolute atomic E-state index is 0.000514. The van der Waals surface area contributed by atoms with Gasteiger partial charge in [0, 0.05) is 49.8 Å². The third kappa shape index (κ3) is 14.0. The van der Waals surface area contributed by atoms with Gasteiger partial charge in [0.15, 0.2) is 11.5 Å². The molecule has 23 nitrogen and oxygen atoms in total. The molecule has 5 rings (SSSR count). The zero-order valence-electron chi connectivity index (χ0n) is 39.4. The monoisotopic (exact) mass is 1030 g/mol. The van der Waals surface area contributed by atoms with Crippen molar-refractivity contribution in [3.8, 4) is 39.6 Å². The second-order valence-corrected chi connectivity index (χ2v) is 19.6. The third-order valence-electron chi connectivity index (χ3n) is 11.3. The van der Waals surface area contributed by atoms with E-state index in [1.54, 1.807) is 12.1 Å². The number of nitrogen functional groups attached to an aromatic ring is 1. The average Bonchev–Trinajstić information content (AvgIpc) is 3.30. The van der Waals surface area contributed by atoms with Crippen molar-refractivity contribution >= 4 is 57.2 Å². The van der Waals surface area contributed by atoms with Gasteiger partial charge in [-0.1, -0.05) is 62.7 Å². The maximum Gasteiger partial charge on any atom is 0.326 e. The van der Waals surface area contributed by atoms with Crippen LogP contribution in [0, 0.1) is 0 Å². The van der Waals surface area contributed by atoms with E-state index in [-0.39, 0.29) is 70.6 Å². The zero-order chi connectivity index (χ0) is 52.7. The van der Waals surface area contributed by atoms with E-state index in [1.807, 2.05) is 37.6 Å². The number of carboxylic acids is 1. The van der Waals surface area contributed by atoms with Crippen LogP contribution in [0.15, 0.2) is 60.7 Å². The number of benzene rings is 3. The fourth-order valence-electron chi connectivity index (χ4n) is 7.34. The molecule has 1 aliphatic heterocycles. The van der Waals surface area contributed by atoms with Gasteiger partial charge in [-0.15, -0.1) is 0 Å². The number of aromatic hydroxyl groups is 1. The molecule has 0 saturated carbocycles. The number of carboxylic acid groups (broad SMARTS) is 1. The number of carbonyl (C=O) groups is 5. The van der Waals surface area contributed by atoms with Gasteiger partial charge in [0.25, 0.3) is 16.1 Å². The first-order valence-electron chi connectivity index (χ1n) is 22.0. The number of aromatic nitrogens is 1. The zero-order valence-corrected chi connectivity index (χ0v) is 41.0. The number of hydrogen-bond acceptors (Lipinski definition) is 16. The number of aliphatic hydroxyl groups is 2. The second-order valence-electron chi connectivity index (χ2n) is 17.8. The molecular weight excluding hydrogens is 968 g/mol. The highest BCUT2D eigenvalue weighted by molar-refractivity contribution is 7.87. The number of amides is 4. The molecule has 6 atom stereocenters. The summed E-state index contributed by atoms with van der Waals surface area (Å²) >= 11 is 6.65. The van der Waals surface area contributed by atoms with E-state index in [0.717, 1.165) is 23.6 Å². The molecule has 0 fully saturated rings. The molecule has 0 spiro atoms. The number of phenolic OH excluding ortho intramolecular Hbond substituents is 1. The quantitative estimate of drug-likeness (QED) is 0.0650. The van der Waals surface area contributed by atoms with Gasteiger partial charge in [0.1, 0.15) is 66.7 Å². The number of nitrogens with zero attached hydrogens (tertiary/aromatic N) is 2. The van der Waals surface area contributed by atoms with Crippen molar-refractivity contribution in [3.05, 3.63) is 87.9 Å². The van der Waals surface area contributed by atoms with Crippen LogP contribution >= 0.6 is 11.6 Å². The summed E-state index contributed by atoms with van der Waals surface area (Å²) in [6.07, 6.45) is -2.73. The highest BCUT2D eigenvalue weighted by Gasteiger charge is 2.38. The molecule has 4 bridgehead atoms. The number of carbonyl (C=O) groups excluding carboxylic acids is 4. The maximum atomic E-state index is 14.8. The minimum Gasteiger partial charge on any atom is -0.504 e. The molecule has 0 saturated heterocycles. The minimum atomic E-state index is -4.56. The Morgan fingerprint density at radius 3 is 2.11 bits per heavy atom. The van der Waals surface area contributed by atoms with Crippen molar-refractivity contribution in [1.29, 1.82) is 0 Å². The number of phenols is 1. The summed E-state index contributed by atoms with van der Waals surface area (Å²) in [4.78, 5) is 74.8. The van der Waals surface area contributed by atoms with Crippen molar-refractivity contribution in [2.24, 2.45) is 16.6 Å². The first-order valence-corrected chi connectivity index (χ1v) is 23.9. The summed E-state index contributed by atoms with van der Waals surface area (Å²) in [6.45, 7) is 5.15. The predicted octanol–water partition coefficient (Wildman–Crippen LogP) is -0.227. The highest BCUT2D eigenvalue weighted by atomic mass is 35.5. The van der Waals surface area contributed by atoms with Crippen LogP contribution in [0.4, 0.5) is 5.82 Å². The van der Waals surface area contributed by atoms with Crippen LogP contribution in [-0.2, 0) is 41.2 Å². The molecule has 2 heterocycles. The molecule has 4 amide bonds. The number of rotatable bonds is 17. The van der Waals surface area contributed by atoms with E-state index in [9.17, 15) is 52.8 Å². The van der Waals surface area contributed by atoms with Crippen LogP contribution in [0.1, 0.15) is 60.8 Å². The SMILES string of the molecule is C[C@@H]1NC(=O)[C@@H](N(C)C(=O)[C@H](CNS(N)(=O)=O)NC(=O)c2c(Cl)cc(-c3ccc(C(C)(C)C)cc3)nc2N)c2cc(OC[C@H](O)CN)c(O)c(c2)-c2cc(ccc2OC[C@H](O)CN)C[C@@H](C(=O)O)NC1=O. The summed E-state index contributed by atoms with van der Waals surface area (Å²) in [5.74, 6) is -7.09. The lowest BCUT2D eigenvalue weighted by Crippen LogP contribution is -2.57. The van der Waals surface area contributed by atoms with E-state index in [1.165, 1.54) is 37.3 Å². The Balaban J connectivity index is 1.67. The van der Waals surface area contributed by atoms with Crippen LogP contribution in [0.25, 0.3) is 22.4 Å². The van der Waals surface area contributed by atoms with E-state index in [4.69, 9.17) is 43.4 Å². The number of likely N-dealkylation sites (N-methyl/N-ethyl adjacent to an activating group) is 1. The molecule has 3 aromatic carbocycles. The number of pyridine rings is 1. The first kappa shape index (κ1) is 55.3. The van der Waals surface area contributed by atoms with Crippen molar-refractivity contribution in [1.82, 2.24) is 30.6 Å². The Hall–Kier alpha value is -6.64. The van der Waals surface area contributed by atoms with Gasteiger partial charge in [-0.2, -0.15) is 13.1 Å². The van der Waals surface area contributed by atoms with E-state index >= 15 is 0 Å². The molecule has 0 aliphatic carbocycles. The Kier molecular flexibility index (Phi) is 18.0. The van der Waals surface area contributed by atoms with Crippen LogP contribution in [-0.4, -0.2) is 139 Å². The summed E-state index contributed by atoms with van der Waals surface area (Å²) in [5, 5.41) is 55.0. The molecule has 25 heteroatoms. The number of hydrogen-bond donors (Lipinski definition) is 12. The standard InChI is InChI=1S/C46H59ClN10O13S/c1-22-41(61)55-33(45(65)66)13-23-6-11-35(69-20-27(58)17-48)29(12-23)30-14-25(15-36(39(30)60)70-21-28(59)18-49)38(43(63)53-22)57(5)44(64)34(19-52-71(51,67)68)56-42(62)37-31(47)16-32(54-40(37)50)24-7-9-26(10-8-24)46(2,3)4/h6-12,14-16,22,27-28,33-34,38,52,58-60H,13,17-21,48-49H2,1-5H3,(H2,50,54)(H,53,63)(H,55,61)(H,56,62)(H,65,66)(H2,51,67,68)/t22-,27+,28+,33-,34-,38-/m0/s1. The number of anilines is 1. The largest absolute Gasteiger partial charge is 0.504 e. The van der Waals surface area contributed by atoms with Gasteiger partial charge in [-0.05, 0) is 59.4 Å². The van der Waals surface area contributed by atoms with E-state index in [0.29, 0.717) is 16.8 Å². The van der Waals surface area contributed by atoms with Crippen LogP contribution in [0.3, 0.4) is 0 Å². The number of nitrogens with one attached hydrogen (secondary N) is 4. The predicted molar refractivity (Wildman–Crippen MR) is 261 cm³/mol. The van der Waals surface area contributed by atoms with Crippen molar-refractivity contribution in [2.75, 3.05) is 45.6 Å². The van der Waals surface area contributed by atoms with Gasteiger partial charge in [-0.25, -0.2) is 14.9 Å². The molecule has 0 unspecified atom stereocenters. The van der Waals surface area contributed by atoms with Crippen molar-refractivity contribution in [2.45, 2.75) is 75.9 Å². The molecule has 71 heavy (non-hydrogen) atoms. The maximum absolute atomic E-state index is 14.8. The number of ether oxygens (including phenoxy) is 2. The summed E-state index contributed by atoms with van der Waals surface area (Å²) in [5.41, 5.74) is 19.0. The lowest BCUT2D eigenvalue weighted by molar-refractivity contribution is -0.143. The highest BCUT2D eigenvalue weighted by Crippen LogP contribution is 2.45. The van der Waals surface area contributed by atoms with Crippen molar-refractivity contribution in [3.63, 3.8) is 0 Å². The molecule has 1 aromatic heterocycles. The number of fused-ring (bicyclic) bond motifs is 5. The van der Waals surface area contributed by atoms with Gasteiger partial charge >= 0.3 is 5.97 Å². The molecule has 384 valence electrons. The van der Waals surface area contributed by atoms with Crippen LogP contribution in [0.2, 0.25) is 5.02 Å². The lowest BCUT2D eigenvalue weighted by Gasteiger charge is -2.33. The van der Waals surface area contributed by atoms with Crippen LogP contribution < -0.4 is 52.5 Å². The number of halogens is 1. The number of aliphatic carboxylic acids is 1. The van der Waals surface area contributed by atoms with E-state index in [2.05, 4.69) is 20.9 Å². The third-order valence-corrected chi connectivity index (χ3v) is 12.2. The number of aliphatic hydroxyl groups excluding tert-OH is 2. The van der Waals surface area contributed by atoms with Gasteiger partial charge in [0.2, 0.25) is 17.7 Å². The smallest absolute Gasteiger partial charge is 0.326 e. The fourth-order valence-corrected chi connectivity index (χ4v) is 8.03. The topological polar surface area (TPSA) is 387 Å². The van der Waals surface area contributed by atoms with Gasteiger partial charge in [-0.3, -0.25) is 19.2 Å². The van der Waals surface area contributed by atoms with Crippen molar-refractivity contribution < 1.29 is 62.3 Å². The Bertz CT molecular complexity index is 2740. The average molecular weight is 1030 g/mol. The Morgan fingerprint density at radius 2 is 1.55 bits per heavy atom.